The highest BCUT2D eigenvalue weighted by atomic mass is 16.4. The molecule has 0 amide bonds. The summed E-state index contributed by atoms with van der Waals surface area (Å²) in [5.74, 6) is -1.16. The number of carbonyl (C=O) groups is 3. The third kappa shape index (κ3) is 4.02. The first-order valence-corrected chi connectivity index (χ1v) is 8.36. The lowest BCUT2D eigenvalue weighted by atomic mass is 9.95. The Morgan fingerprint density at radius 2 is 1.52 bits per heavy atom. The van der Waals surface area contributed by atoms with E-state index in [1.165, 1.54) is 12.2 Å². The molecule has 6 heteroatoms. The van der Waals surface area contributed by atoms with Crippen LogP contribution in [0.25, 0.3) is 10.9 Å². The van der Waals surface area contributed by atoms with E-state index in [1.54, 1.807) is 24.3 Å². The van der Waals surface area contributed by atoms with Crippen molar-refractivity contribution in [2.24, 2.45) is 5.73 Å². The Labute approximate surface area is 155 Å². The molecular formula is C21H18N2O4. The van der Waals surface area contributed by atoms with Crippen LogP contribution in [0.5, 0.6) is 0 Å². The second kappa shape index (κ2) is 7.80. The Morgan fingerprint density at radius 3 is 2.11 bits per heavy atom. The summed E-state index contributed by atoms with van der Waals surface area (Å²) >= 11 is 0. The Morgan fingerprint density at radius 1 is 0.963 bits per heavy atom. The molecule has 6 nitrogen and oxygen atoms in total. The van der Waals surface area contributed by atoms with Gasteiger partial charge in [-0.2, -0.15) is 0 Å². The lowest BCUT2D eigenvalue weighted by molar-refractivity contribution is -0.138. The van der Waals surface area contributed by atoms with E-state index < -0.39 is 12.0 Å². The van der Waals surface area contributed by atoms with Crippen LogP contribution in [0.3, 0.4) is 0 Å². The smallest absolute Gasteiger partial charge is 0.320 e. The molecule has 0 unspecified atom stereocenters. The summed E-state index contributed by atoms with van der Waals surface area (Å²) in [5, 5.41) is 9.75. The van der Waals surface area contributed by atoms with Crippen molar-refractivity contribution in [2.45, 2.75) is 12.5 Å². The molecule has 4 rings (SSSR count). The number of aromatic amines is 1. The van der Waals surface area contributed by atoms with Crippen molar-refractivity contribution in [1.29, 1.82) is 0 Å². The van der Waals surface area contributed by atoms with Gasteiger partial charge < -0.3 is 15.8 Å². The van der Waals surface area contributed by atoms with Gasteiger partial charge in [-0.15, -0.1) is 0 Å². The molecule has 0 aliphatic heterocycles. The number of rotatable bonds is 3. The SMILES string of the molecule is N[C@@H](Cc1c[nH]c2ccccc12)C(=O)O.O=C1C=CC(=O)c2ccccc21. The lowest BCUT2D eigenvalue weighted by Crippen LogP contribution is -2.32. The van der Waals surface area contributed by atoms with Crippen LogP contribution in [-0.2, 0) is 11.2 Å². The molecule has 0 radical (unpaired) electrons. The van der Waals surface area contributed by atoms with Crippen LogP contribution in [0.2, 0.25) is 0 Å². The zero-order chi connectivity index (χ0) is 19.4. The number of carbonyl (C=O) groups excluding carboxylic acids is 2. The number of benzene rings is 2. The summed E-state index contributed by atoms with van der Waals surface area (Å²) in [6.07, 6.45) is 4.78. The average molecular weight is 362 g/mol. The van der Waals surface area contributed by atoms with Gasteiger partial charge in [0.1, 0.15) is 6.04 Å². The van der Waals surface area contributed by atoms with E-state index in [2.05, 4.69) is 4.98 Å². The molecular weight excluding hydrogens is 344 g/mol. The number of hydrogen-bond acceptors (Lipinski definition) is 4. The molecule has 1 aliphatic rings. The van der Waals surface area contributed by atoms with Crippen molar-refractivity contribution in [1.82, 2.24) is 4.98 Å². The first kappa shape index (κ1) is 18.3. The maximum atomic E-state index is 11.2. The van der Waals surface area contributed by atoms with Crippen LogP contribution in [-0.4, -0.2) is 33.7 Å². The standard InChI is InChI=1S/C11H12N2O2.C10H6O2/c12-9(11(14)15)5-7-6-13-10-4-2-1-3-8(7)10;11-9-5-6-10(12)8-4-2-1-3-7(8)9/h1-4,6,9,13H,5,12H2,(H,14,15);1-6H/t9-;/m0./s1. The summed E-state index contributed by atoms with van der Waals surface area (Å²) in [4.78, 5) is 36.1. The number of aliphatic carboxylic acids is 1. The maximum absolute atomic E-state index is 11.2. The van der Waals surface area contributed by atoms with Crippen molar-refractivity contribution < 1.29 is 19.5 Å². The zero-order valence-corrected chi connectivity index (χ0v) is 14.4. The molecule has 136 valence electrons. The fourth-order valence-electron chi connectivity index (χ4n) is 2.87. The van der Waals surface area contributed by atoms with Crippen LogP contribution < -0.4 is 5.73 Å². The number of ketones is 2. The highest BCUT2D eigenvalue weighted by Gasteiger charge is 2.17. The predicted octanol–water partition coefficient (Wildman–Crippen LogP) is 2.74. The first-order valence-electron chi connectivity index (χ1n) is 8.36. The van der Waals surface area contributed by atoms with Crippen molar-refractivity contribution in [3.05, 3.63) is 83.6 Å². The largest absolute Gasteiger partial charge is 0.480 e. The third-order valence-corrected chi connectivity index (χ3v) is 4.28. The van der Waals surface area contributed by atoms with Gasteiger partial charge in [0.25, 0.3) is 0 Å². The minimum atomic E-state index is -0.972. The molecule has 0 spiro atoms. The number of nitrogens with one attached hydrogen (secondary N) is 1. The fraction of sp³-hybridized carbons (Fsp3) is 0.0952. The van der Waals surface area contributed by atoms with E-state index in [4.69, 9.17) is 10.8 Å². The number of H-pyrrole nitrogens is 1. The van der Waals surface area contributed by atoms with Crippen molar-refractivity contribution in [3.63, 3.8) is 0 Å². The summed E-state index contributed by atoms with van der Waals surface area (Å²) in [7, 11) is 0. The third-order valence-electron chi connectivity index (χ3n) is 4.28. The molecule has 0 bridgehead atoms. The molecule has 3 aromatic rings. The van der Waals surface area contributed by atoms with Crippen LogP contribution in [0.4, 0.5) is 0 Å². The summed E-state index contributed by atoms with van der Waals surface area (Å²) in [5.41, 5.74) is 8.44. The Balaban J connectivity index is 0.000000159. The van der Waals surface area contributed by atoms with Gasteiger partial charge in [0.05, 0.1) is 0 Å². The number of hydrogen-bond donors (Lipinski definition) is 3. The topological polar surface area (TPSA) is 113 Å². The summed E-state index contributed by atoms with van der Waals surface area (Å²) in [6.45, 7) is 0. The number of carboxylic acids is 1. The number of allylic oxidation sites excluding steroid dienone is 2. The molecule has 4 N–H and O–H groups in total. The van der Waals surface area contributed by atoms with Gasteiger partial charge in [0.2, 0.25) is 0 Å². The van der Waals surface area contributed by atoms with Gasteiger partial charge in [0, 0.05) is 34.6 Å². The summed E-state index contributed by atoms with van der Waals surface area (Å²) in [6, 6.07) is 13.8. The Bertz CT molecular complexity index is 1010. The zero-order valence-electron chi connectivity index (χ0n) is 14.4. The lowest BCUT2D eigenvalue weighted by Gasteiger charge is -2.06. The van der Waals surface area contributed by atoms with Gasteiger partial charge in [-0.1, -0.05) is 42.5 Å². The van der Waals surface area contributed by atoms with Gasteiger partial charge >= 0.3 is 5.97 Å². The number of para-hydroxylation sites is 1. The molecule has 2 aromatic carbocycles. The van der Waals surface area contributed by atoms with Crippen molar-refractivity contribution in [3.8, 4) is 0 Å². The van der Waals surface area contributed by atoms with Gasteiger partial charge in [-0.05, 0) is 23.8 Å². The van der Waals surface area contributed by atoms with Crippen molar-refractivity contribution >= 4 is 28.4 Å². The second-order valence-electron chi connectivity index (χ2n) is 6.12. The highest BCUT2D eigenvalue weighted by molar-refractivity contribution is 6.21. The van der Waals surface area contributed by atoms with E-state index in [0.29, 0.717) is 17.5 Å². The van der Waals surface area contributed by atoms with Gasteiger partial charge in [-0.3, -0.25) is 14.4 Å². The average Bonchev–Trinajstić information content (AvgIpc) is 3.08. The van der Waals surface area contributed by atoms with Gasteiger partial charge in [-0.25, -0.2) is 0 Å². The van der Waals surface area contributed by atoms with E-state index >= 15 is 0 Å². The molecule has 1 heterocycles. The normalized spacial score (nSPS) is 13.7. The molecule has 1 aromatic heterocycles. The molecule has 1 atom stereocenters. The molecule has 0 fully saturated rings. The van der Waals surface area contributed by atoms with E-state index in [0.717, 1.165) is 16.5 Å². The van der Waals surface area contributed by atoms with E-state index in [-0.39, 0.29) is 11.6 Å². The number of nitrogens with two attached hydrogens (primary N) is 1. The molecule has 27 heavy (non-hydrogen) atoms. The number of aromatic nitrogens is 1. The minimum Gasteiger partial charge on any atom is -0.480 e. The van der Waals surface area contributed by atoms with Crippen LogP contribution in [0, 0.1) is 0 Å². The van der Waals surface area contributed by atoms with Crippen LogP contribution in [0.1, 0.15) is 26.3 Å². The van der Waals surface area contributed by atoms with E-state index in [9.17, 15) is 14.4 Å². The monoisotopic (exact) mass is 362 g/mol. The summed E-state index contributed by atoms with van der Waals surface area (Å²) < 4.78 is 0. The van der Waals surface area contributed by atoms with Crippen LogP contribution in [0.15, 0.2) is 66.9 Å². The van der Waals surface area contributed by atoms with Crippen LogP contribution >= 0.6 is 0 Å². The maximum Gasteiger partial charge on any atom is 0.320 e. The van der Waals surface area contributed by atoms with E-state index in [1.807, 2.05) is 30.5 Å². The fourth-order valence-corrected chi connectivity index (χ4v) is 2.87. The quantitative estimate of drug-likeness (QED) is 0.663. The second-order valence-corrected chi connectivity index (χ2v) is 6.12. The molecule has 0 saturated carbocycles. The number of fused-ring (bicyclic) bond motifs is 2. The first-order chi connectivity index (χ1) is 13.0. The highest BCUT2D eigenvalue weighted by Crippen LogP contribution is 2.18. The minimum absolute atomic E-state index is 0.0924. The molecule has 1 aliphatic carbocycles. The Kier molecular flexibility index (Phi) is 5.28. The van der Waals surface area contributed by atoms with Gasteiger partial charge in [0.15, 0.2) is 11.6 Å². The number of carboxylic acid groups (broad SMARTS) is 1. The predicted molar refractivity (Wildman–Crippen MR) is 102 cm³/mol. The Hall–Kier alpha value is -3.51. The van der Waals surface area contributed by atoms with Crippen molar-refractivity contribution in [2.75, 3.05) is 0 Å². The molecule has 0 saturated heterocycles.